The van der Waals surface area contributed by atoms with Crippen LogP contribution in [0.3, 0.4) is 0 Å². The van der Waals surface area contributed by atoms with Gasteiger partial charge < -0.3 is 9.84 Å². The Hall–Kier alpha value is -3.40. The first-order valence-electron chi connectivity index (χ1n) is 8.63. The minimum Gasteiger partial charge on any atom is -0.504 e. The van der Waals surface area contributed by atoms with Crippen LogP contribution in [0.25, 0.3) is 16.8 Å². The molecule has 0 radical (unpaired) electrons. The molecule has 0 bridgehead atoms. The van der Waals surface area contributed by atoms with E-state index < -0.39 is 0 Å². The van der Waals surface area contributed by atoms with Gasteiger partial charge in [0.15, 0.2) is 17.3 Å². The molecule has 136 valence electrons. The van der Waals surface area contributed by atoms with Crippen molar-refractivity contribution in [3.63, 3.8) is 0 Å². The van der Waals surface area contributed by atoms with Gasteiger partial charge in [0, 0.05) is 6.42 Å². The fraction of sp³-hybridized carbons (Fsp3) is 0.130. The Labute approximate surface area is 157 Å². The molecule has 1 N–H and O–H groups in total. The molecule has 0 aromatic heterocycles. The lowest BCUT2D eigenvalue weighted by Crippen LogP contribution is -2.08. The van der Waals surface area contributed by atoms with Crippen molar-refractivity contribution >= 4 is 28.4 Å². The third-order valence-corrected chi connectivity index (χ3v) is 4.30. The number of Topliss-reactive ketones (excluding diaryl/α,β-unsaturated/α-hetero) is 1. The number of benzene rings is 3. The predicted octanol–water partition coefficient (Wildman–Crippen LogP) is 4.34. The summed E-state index contributed by atoms with van der Waals surface area (Å²) in [5.74, 6) is -0.0144. The van der Waals surface area contributed by atoms with Crippen molar-refractivity contribution in [2.75, 3.05) is 7.11 Å². The molecule has 27 heavy (non-hydrogen) atoms. The Bertz CT molecular complexity index is 1010. The number of aromatic hydroxyl groups is 1. The number of fused-ring (bicyclic) bond motifs is 1. The van der Waals surface area contributed by atoms with Crippen molar-refractivity contribution in [2.45, 2.75) is 12.8 Å². The lowest BCUT2D eigenvalue weighted by atomic mass is 9.98. The SMILES string of the molecule is COc1cc(C=CC(=O)CC(=O)Cc2cccc3ccccc23)ccc1O. The van der Waals surface area contributed by atoms with Crippen LogP contribution in [0, 0.1) is 0 Å². The zero-order valence-corrected chi connectivity index (χ0v) is 15.0. The fourth-order valence-electron chi connectivity index (χ4n) is 2.96. The number of ketones is 2. The first-order valence-corrected chi connectivity index (χ1v) is 8.63. The molecule has 3 aromatic rings. The van der Waals surface area contributed by atoms with Gasteiger partial charge in [0.2, 0.25) is 0 Å². The Morgan fingerprint density at radius 3 is 2.63 bits per heavy atom. The maximum Gasteiger partial charge on any atom is 0.163 e. The second kappa shape index (κ2) is 8.32. The molecule has 0 unspecified atom stereocenters. The normalized spacial score (nSPS) is 11.0. The Morgan fingerprint density at radius 2 is 1.81 bits per heavy atom. The third kappa shape index (κ3) is 4.61. The average molecular weight is 360 g/mol. The molecule has 0 aliphatic rings. The molecule has 0 heterocycles. The van der Waals surface area contributed by atoms with Gasteiger partial charge in [0.25, 0.3) is 0 Å². The molecular formula is C23H20O4. The van der Waals surface area contributed by atoms with Crippen molar-refractivity contribution in [1.82, 2.24) is 0 Å². The van der Waals surface area contributed by atoms with Gasteiger partial charge in [0.05, 0.1) is 13.5 Å². The van der Waals surface area contributed by atoms with Crippen LogP contribution in [0.1, 0.15) is 17.5 Å². The van der Waals surface area contributed by atoms with E-state index in [9.17, 15) is 14.7 Å². The van der Waals surface area contributed by atoms with E-state index in [1.807, 2.05) is 42.5 Å². The number of phenolic OH excluding ortho intramolecular Hbond substituents is 1. The maximum atomic E-state index is 12.3. The highest BCUT2D eigenvalue weighted by Crippen LogP contribution is 2.26. The van der Waals surface area contributed by atoms with Gasteiger partial charge in [-0.25, -0.2) is 0 Å². The zero-order valence-electron chi connectivity index (χ0n) is 15.0. The number of carbonyl (C=O) groups is 2. The Balaban J connectivity index is 1.64. The lowest BCUT2D eigenvalue weighted by molar-refractivity contribution is -0.124. The first-order chi connectivity index (χ1) is 13.1. The third-order valence-electron chi connectivity index (χ3n) is 4.30. The molecule has 0 spiro atoms. The van der Waals surface area contributed by atoms with Crippen molar-refractivity contribution in [3.8, 4) is 11.5 Å². The Kier molecular flexibility index (Phi) is 5.67. The summed E-state index contributed by atoms with van der Waals surface area (Å²) >= 11 is 0. The molecule has 0 fully saturated rings. The summed E-state index contributed by atoms with van der Waals surface area (Å²) in [6.07, 6.45) is 3.07. The van der Waals surface area contributed by atoms with E-state index in [1.54, 1.807) is 18.2 Å². The molecule has 4 nitrogen and oxygen atoms in total. The van der Waals surface area contributed by atoms with Gasteiger partial charge in [0.1, 0.15) is 5.78 Å². The molecule has 0 aliphatic heterocycles. The highest BCUT2D eigenvalue weighted by Gasteiger charge is 2.10. The minimum absolute atomic E-state index is 0.0336. The molecule has 0 amide bonds. The van der Waals surface area contributed by atoms with Crippen molar-refractivity contribution in [1.29, 1.82) is 0 Å². The van der Waals surface area contributed by atoms with E-state index in [2.05, 4.69) is 0 Å². The van der Waals surface area contributed by atoms with Crippen molar-refractivity contribution < 1.29 is 19.4 Å². The standard InChI is InChI=1S/C23H20O4/c1-27-23-13-16(10-12-22(23)26)9-11-19(24)15-20(25)14-18-7-4-6-17-5-2-3-8-21(17)18/h2-13,26H,14-15H2,1H3. The van der Waals surface area contributed by atoms with Gasteiger partial charge in [-0.2, -0.15) is 0 Å². The van der Waals surface area contributed by atoms with E-state index in [-0.39, 0.29) is 30.2 Å². The number of carbonyl (C=O) groups excluding carboxylic acids is 2. The van der Waals surface area contributed by atoms with Gasteiger partial charge in [-0.15, -0.1) is 0 Å². The summed E-state index contributed by atoms with van der Waals surface area (Å²) in [5.41, 5.74) is 1.64. The van der Waals surface area contributed by atoms with Crippen LogP contribution >= 0.6 is 0 Å². The number of hydrogen-bond acceptors (Lipinski definition) is 4. The summed E-state index contributed by atoms with van der Waals surface area (Å²) in [7, 11) is 1.46. The summed E-state index contributed by atoms with van der Waals surface area (Å²) in [6.45, 7) is 0. The van der Waals surface area contributed by atoms with Crippen molar-refractivity contribution in [3.05, 3.63) is 77.9 Å². The number of rotatable bonds is 7. The molecule has 4 heteroatoms. The first kappa shape index (κ1) is 18.4. The molecule has 0 saturated heterocycles. The minimum atomic E-state index is -0.257. The zero-order chi connectivity index (χ0) is 19.2. The van der Waals surface area contributed by atoms with Crippen LogP contribution in [-0.4, -0.2) is 23.8 Å². The highest BCUT2D eigenvalue weighted by atomic mass is 16.5. The second-order valence-corrected chi connectivity index (χ2v) is 6.26. The topological polar surface area (TPSA) is 63.6 Å². The molecule has 3 aromatic carbocycles. The average Bonchev–Trinajstić information content (AvgIpc) is 2.67. The smallest absolute Gasteiger partial charge is 0.163 e. The largest absolute Gasteiger partial charge is 0.504 e. The van der Waals surface area contributed by atoms with E-state index in [1.165, 1.54) is 19.3 Å². The predicted molar refractivity (Wildman–Crippen MR) is 106 cm³/mol. The van der Waals surface area contributed by atoms with E-state index >= 15 is 0 Å². The number of phenols is 1. The van der Waals surface area contributed by atoms with Crippen molar-refractivity contribution in [2.24, 2.45) is 0 Å². The molecule has 0 aliphatic carbocycles. The summed E-state index contributed by atoms with van der Waals surface area (Å²) in [6, 6.07) is 18.5. The van der Waals surface area contributed by atoms with E-state index in [0.717, 1.165) is 16.3 Å². The van der Waals surface area contributed by atoms with E-state index in [0.29, 0.717) is 11.3 Å². The van der Waals surface area contributed by atoms with Crippen LogP contribution in [0.2, 0.25) is 0 Å². The van der Waals surface area contributed by atoms with Crippen LogP contribution in [0.5, 0.6) is 11.5 Å². The van der Waals surface area contributed by atoms with Gasteiger partial charge in [-0.3, -0.25) is 9.59 Å². The maximum absolute atomic E-state index is 12.3. The molecule has 0 saturated carbocycles. The van der Waals surface area contributed by atoms with Gasteiger partial charge in [-0.05, 0) is 40.1 Å². The van der Waals surface area contributed by atoms with Gasteiger partial charge in [-0.1, -0.05) is 54.6 Å². The summed E-state index contributed by atoms with van der Waals surface area (Å²) in [4.78, 5) is 24.4. The highest BCUT2D eigenvalue weighted by molar-refractivity contribution is 6.07. The quantitative estimate of drug-likeness (QED) is 0.503. The summed E-state index contributed by atoms with van der Waals surface area (Å²) in [5, 5.41) is 11.7. The lowest BCUT2D eigenvalue weighted by Gasteiger charge is -2.05. The number of methoxy groups -OCH3 is 1. The van der Waals surface area contributed by atoms with Crippen LogP contribution in [-0.2, 0) is 16.0 Å². The molecule has 3 rings (SSSR count). The monoisotopic (exact) mass is 360 g/mol. The second-order valence-electron chi connectivity index (χ2n) is 6.26. The number of allylic oxidation sites excluding steroid dienone is 1. The molecule has 0 atom stereocenters. The number of ether oxygens (including phenoxy) is 1. The van der Waals surface area contributed by atoms with E-state index in [4.69, 9.17) is 4.74 Å². The summed E-state index contributed by atoms with van der Waals surface area (Å²) < 4.78 is 5.04. The van der Waals surface area contributed by atoms with Crippen LogP contribution in [0.4, 0.5) is 0 Å². The molecular weight excluding hydrogens is 340 g/mol. The van der Waals surface area contributed by atoms with Gasteiger partial charge >= 0.3 is 0 Å². The Morgan fingerprint density at radius 1 is 1.04 bits per heavy atom. The number of hydrogen-bond donors (Lipinski definition) is 1. The fourth-order valence-corrected chi connectivity index (χ4v) is 2.96. The van der Waals surface area contributed by atoms with Crippen LogP contribution in [0.15, 0.2) is 66.7 Å². The van der Waals surface area contributed by atoms with Crippen LogP contribution < -0.4 is 4.74 Å².